The van der Waals surface area contributed by atoms with Crippen LogP contribution in [-0.2, 0) is 11.3 Å². The molecule has 0 radical (unpaired) electrons. The number of aromatic amines is 1. The highest BCUT2D eigenvalue weighted by atomic mass is 16.5. The molecule has 5 rings (SSSR count). The van der Waals surface area contributed by atoms with Crippen molar-refractivity contribution in [2.24, 2.45) is 0 Å². The van der Waals surface area contributed by atoms with E-state index in [0.29, 0.717) is 11.7 Å². The predicted octanol–water partition coefficient (Wildman–Crippen LogP) is 5.46. The zero-order valence-electron chi connectivity index (χ0n) is 19.3. The Labute approximate surface area is 194 Å². The van der Waals surface area contributed by atoms with E-state index in [2.05, 4.69) is 28.9 Å². The molecule has 2 N–H and O–H groups in total. The highest BCUT2D eigenvalue weighted by molar-refractivity contribution is 5.88. The highest BCUT2D eigenvalue weighted by Crippen LogP contribution is 2.39. The molecule has 0 bridgehead atoms. The van der Waals surface area contributed by atoms with Gasteiger partial charge in [0.2, 0.25) is 0 Å². The van der Waals surface area contributed by atoms with E-state index in [1.54, 1.807) is 19.2 Å². The molecule has 2 atom stereocenters. The fourth-order valence-electron chi connectivity index (χ4n) is 5.25. The van der Waals surface area contributed by atoms with Gasteiger partial charge in [-0.15, -0.1) is 0 Å². The summed E-state index contributed by atoms with van der Waals surface area (Å²) >= 11 is 0. The third kappa shape index (κ3) is 4.37. The number of likely N-dealkylation sites (tertiary alicyclic amines) is 1. The molecule has 1 aliphatic carbocycles. The second-order valence-corrected chi connectivity index (χ2v) is 9.39. The number of carbonyl (C=O) groups is 1. The van der Waals surface area contributed by atoms with Crippen LogP contribution < -0.4 is 4.74 Å². The summed E-state index contributed by atoms with van der Waals surface area (Å²) in [5, 5.41) is 10.5. The van der Waals surface area contributed by atoms with E-state index >= 15 is 0 Å². The molecule has 1 aromatic heterocycles. The van der Waals surface area contributed by atoms with Crippen LogP contribution in [0.25, 0.3) is 10.9 Å². The fourth-order valence-corrected chi connectivity index (χ4v) is 5.25. The van der Waals surface area contributed by atoms with Crippen molar-refractivity contribution in [1.82, 2.24) is 9.88 Å². The van der Waals surface area contributed by atoms with Crippen molar-refractivity contribution in [2.45, 2.75) is 63.8 Å². The molecule has 1 saturated carbocycles. The molecule has 1 saturated heterocycles. The number of ether oxygens (including phenoxy) is 2. The number of aromatic carboxylic acids is 1. The normalized spacial score (nSPS) is 21.8. The van der Waals surface area contributed by atoms with E-state index in [-0.39, 0.29) is 12.1 Å². The van der Waals surface area contributed by atoms with Crippen LogP contribution in [0.15, 0.2) is 42.6 Å². The van der Waals surface area contributed by atoms with Crippen molar-refractivity contribution in [3.63, 3.8) is 0 Å². The number of rotatable bonds is 7. The number of methoxy groups -OCH3 is 1. The molecule has 6 heteroatoms. The minimum Gasteiger partial charge on any atom is -0.496 e. The van der Waals surface area contributed by atoms with Crippen LogP contribution in [0, 0.1) is 6.92 Å². The molecule has 0 unspecified atom stereocenters. The van der Waals surface area contributed by atoms with Gasteiger partial charge >= 0.3 is 5.97 Å². The summed E-state index contributed by atoms with van der Waals surface area (Å²) in [7, 11) is 1.73. The van der Waals surface area contributed by atoms with Gasteiger partial charge in [0.1, 0.15) is 5.75 Å². The number of piperidine rings is 1. The molecule has 174 valence electrons. The number of carboxylic acids is 1. The summed E-state index contributed by atoms with van der Waals surface area (Å²) in [6.45, 7) is 3.78. The van der Waals surface area contributed by atoms with Gasteiger partial charge in [-0.25, -0.2) is 4.79 Å². The number of carboxylic acid groups (broad SMARTS) is 1. The standard InChI is InChI=1S/C27H32N2O4/c1-17-14-25(32-2)23(22-10-12-28-26(17)22)16-29-13-11-21(33-20-4-3-5-20)15-24(29)18-6-8-19(9-7-18)27(30)31/h6-10,12,14,20-21,24,28H,3-5,11,13,15-16H2,1-2H3,(H,30,31)/t21-,24+/m1/s1. The Morgan fingerprint density at radius 3 is 2.61 bits per heavy atom. The van der Waals surface area contributed by atoms with Gasteiger partial charge in [-0.3, -0.25) is 4.90 Å². The van der Waals surface area contributed by atoms with Gasteiger partial charge in [0.25, 0.3) is 0 Å². The monoisotopic (exact) mass is 448 g/mol. The molecular formula is C27H32N2O4. The van der Waals surface area contributed by atoms with Crippen molar-refractivity contribution >= 4 is 16.9 Å². The summed E-state index contributed by atoms with van der Waals surface area (Å²) in [6, 6.07) is 11.7. The van der Waals surface area contributed by atoms with E-state index < -0.39 is 5.97 Å². The van der Waals surface area contributed by atoms with Crippen molar-refractivity contribution in [3.8, 4) is 5.75 Å². The summed E-state index contributed by atoms with van der Waals surface area (Å²) in [5.74, 6) is 0.0138. The number of nitrogens with one attached hydrogen (secondary N) is 1. The second-order valence-electron chi connectivity index (χ2n) is 9.39. The van der Waals surface area contributed by atoms with Gasteiger partial charge in [-0.05, 0) is 74.4 Å². The Morgan fingerprint density at radius 2 is 1.94 bits per heavy atom. The topological polar surface area (TPSA) is 74.8 Å². The minimum absolute atomic E-state index is 0.159. The lowest BCUT2D eigenvalue weighted by atomic mass is 9.90. The Kier molecular flexibility index (Phi) is 6.13. The Morgan fingerprint density at radius 1 is 1.15 bits per heavy atom. The molecule has 33 heavy (non-hydrogen) atoms. The summed E-state index contributed by atoms with van der Waals surface area (Å²) < 4.78 is 12.2. The lowest BCUT2D eigenvalue weighted by molar-refractivity contribution is -0.0866. The van der Waals surface area contributed by atoms with E-state index in [1.807, 2.05) is 18.3 Å². The van der Waals surface area contributed by atoms with E-state index in [0.717, 1.165) is 42.8 Å². The number of aryl methyl sites for hydroxylation is 1. The fraction of sp³-hybridized carbons (Fsp3) is 0.444. The van der Waals surface area contributed by atoms with Gasteiger partial charge in [0.15, 0.2) is 0 Å². The largest absolute Gasteiger partial charge is 0.496 e. The van der Waals surface area contributed by atoms with E-state index in [4.69, 9.17) is 9.47 Å². The number of nitrogens with zero attached hydrogens (tertiary/aromatic N) is 1. The van der Waals surface area contributed by atoms with Gasteiger partial charge < -0.3 is 19.6 Å². The Bertz CT molecular complexity index is 1130. The van der Waals surface area contributed by atoms with Gasteiger partial charge in [-0.1, -0.05) is 12.1 Å². The molecule has 2 aromatic carbocycles. The maximum atomic E-state index is 11.4. The third-order valence-corrected chi connectivity index (χ3v) is 7.34. The molecule has 2 heterocycles. The van der Waals surface area contributed by atoms with Crippen molar-refractivity contribution in [3.05, 3.63) is 64.8 Å². The molecule has 0 spiro atoms. The van der Waals surface area contributed by atoms with Crippen LogP contribution in [0.4, 0.5) is 0 Å². The van der Waals surface area contributed by atoms with E-state index in [9.17, 15) is 9.90 Å². The molecule has 2 aliphatic rings. The lowest BCUT2D eigenvalue weighted by Gasteiger charge is -2.42. The number of aromatic nitrogens is 1. The number of hydrogen-bond acceptors (Lipinski definition) is 4. The number of benzene rings is 2. The number of H-pyrrole nitrogens is 1. The van der Waals surface area contributed by atoms with Gasteiger partial charge in [0.05, 0.1) is 24.9 Å². The number of fused-ring (bicyclic) bond motifs is 1. The zero-order chi connectivity index (χ0) is 22.9. The van der Waals surface area contributed by atoms with Crippen LogP contribution in [-0.4, -0.2) is 46.8 Å². The summed E-state index contributed by atoms with van der Waals surface area (Å²) in [4.78, 5) is 17.2. The summed E-state index contributed by atoms with van der Waals surface area (Å²) in [6.07, 6.45) is 8.16. The van der Waals surface area contributed by atoms with Crippen molar-refractivity contribution in [2.75, 3.05) is 13.7 Å². The van der Waals surface area contributed by atoms with Crippen LogP contribution in [0.1, 0.15) is 65.2 Å². The second kappa shape index (κ2) is 9.20. The predicted molar refractivity (Wildman–Crippen MR) is 128 cm³/mol. The SMILES string of the molecule is COc1cc(C)c2[nH]ccc2c1CN1CC[C@@H](OC2CCC2)C[C@H]1c1ccc(C(=O)O)cc1. The molecule has 0 amide bonds. The molecule has 2 fully saturated rings. The average molecular weight is 449 g/mol. The number of hydrogen-bond donors (Lipinski definition) is 2. The Hall–Kier alpha value is -2.83. The molecule has 3 aromatic rings. The Balaban J connectivity index is 1.46. The van der Waals surface area contributed by atoms with Crippen molar-refractivity contribution < 1.29 is 19.4 Å². The maximum Gasteiger partial charge on any atom is 0.335 e. The summed E-state index contributed by atoms with van der Waals surface area (Å²) in [5.41, 5.74) is 4.96. The molecule has 1 aliphatic heterocycles. The third-order valence-electron chi connectivity index (χ3n) is 7.34. The van der Waals surface area contributed by atoms with Crippen LogP contribution >= 0.6 is 0 Å². The van der Waals surface area contributed by atoms with E-state index in [1.165, 1.54) is 35.8 Å². The first kappa shape index (κ1) is 22.0. The van der Waals surface area contributed by atoms with Crippen molar-refractivity contribution in [1.29, 1.82) is 0 Å². The molecule has 6 nitrogen and oxygen atoms in total. The van der Waals surface area contributed by atoms with Gasteiger partial charge in [-0.2, -0.15) is 0 Å². The zero-order valence-corrected chi connectivity index (χ0v) is 19.3. The maximum absolute atomic E-state index is 11.4. The first-order chi connectivity index (χ1) is 16.0. The van der Waals surface area contributed by atoms with Crippen LogP contribution in [0.3, 0.4) is 0 Å². The molecular weight excluding hydrogens is 416 g/mol. The first-order valence-corrected chi connectivity index (χ1v) is 11.9. The first-order valence-electron chi connectivity index (χ1n) is 11.9. The quantitative estimate of drug-likeness (QED) is 0.502. The average Bonchev–Trinajstić information content (AvgIpc) is 3.29. The lowest BCUT2D eigenvalue weighted by Crippen LogP contribution is -2.41. The van der Waals surface area contributed by atoms with Crippen LogP contribution in [0.5, 0.6) is 5.75 Å². The minimum atomic E-state index is -0.896. The highest BCUT2D eigenvalue weighted by Gasteiger charge is 2.33. The van der Waals surface area contributed by atoms with Crippen LogP contribution in [0.2, 0.25) is 0 Å². The smallest absolute Gasteiger partial charge is 0.335 e. The van der Waals surface area contributed by atoms with Gasteiger partial charge in [0, 0.05) is 41.8 Å².